The molecule has 4 nitrogen and oxygen atoms in total. The first-order valence-electron chi connectivity index (χ1n) is 6.28. The van der Waals surface area contributed by atoms with Gasteiger partial charge >= 0.3 is 0 Å². The molecule has 1 aliphatic carbocycles. The van der Waals surface area contributed by atoms with Gasteiger partial charge in [-0.25, -0.2) is 4.98 Å². The van der Waals surface area contributed by atoms with Gasteiger partial charge in [-0.2, -0.15) is 0 Å². The summed E-state index contributed by atoms with van der Waals surface area (Å²) < 4.78 is 0. The molecule has 3 rings (SSSR count). The third-order valence-corrected chi connectivity index (χ3v) is 3.13. The largest absolute Gasteiger partial charge is 0.345 e. The topological polar surface area (TPSA) is 52.7 Å². The molecular weight excluding hydrogens is 212 g/mol. The highest BCUT2D eigenvalue weighted by Gasteiger charge is 2.19. The van der Waals surface area contributed by atoms with Crippen LogP contribution in [0.2, 0.25) is 0 Å². The molecule has 1 aliphatic rings. The van der Waals surface area contributed by atoms with Crippen LogP contribution in [0.15, 0.2) is 24.5 Å². The van der Waals surface area contributed by atoms with Crippen molar-refractivity contribution in [3.63, 3.8) is 0 Å². The number of benzene rings is 1. The van der Waals surface area contributed by atoms with E-state index < -0.39 is 0 Å². The highest BCUT2D eigenvalue weighted by atomic mass is 15.0. The minimum Gasteiger partial charge on any atom is -0.345 e. The number of imidazole rings is 1. The number of hydrogen-bond donors (Lipinski definition) is 3. The van der Waals surface area contributed by atoms with Crippen molar-refractivity contribution in [2.24, 2.45) is 0 Å². The normalized spacial score (nSPS) is 15.5. The van der Waals surface area contributed by atoms with Crippen molar-refractivity contribution in [3.8, 4) is 0 Å². The molecule has 0 unspecified atom stereocenters. The number of hydrogen-bond acceptors (Lipinski definition) is 3. The van der Waals surface area contributed by atoms with Crippen molar-refractivity contribution in [3.05, 3.63) is 30.1 Å². The van der Waals surface area contributed by atoms with Gasteiger partial charge in [-0.05, 0) is 30.5 Å². The lowest BCUT2D eigenvalue weighted by Crippen LogP contribution is -2.28. The molecule has 0 saturated heterocycles. The molecular formula is C13H18N4. The van der Waals surface area contributed by atoms with Crippen LogP contribution in [-0.2, 0) is 6.54 Å². The van der Waals surface area contributed by atoms with E-state index in [1.807, 2.05) is 0 Å². The minimum absolute atomic E-state index is 0.804. The van der Waals surface area contributed by atoms with Crippen LogP contribution in [-0.4, -0.2) is 29.1 Å². The lowest BCUT2D eigenvalue weighted by Gasteiger charge is -2.05. The number of H-pyrrole nitrogens is 1. The molecule has 1 saturated carbocycles. The summed E-state index contributed by atoms with van der Waals surface area (Å²) in [7, 11) is 0. The van der Waals surface area contributed by atoms with Crippen LogP contribution in [0, 0.1) is 0 Å². The summed E-state index contributed by atoms with van der Waals surface area (Å²) in [6.45, 7) is 3.01. The number of aromatic amines is 1. The predicted molar refractivity (Wildman–Crippen MR) is 68.8 cm³/mol. The number of nitrogens with one attached hydrogen (secondary N) is 3. The molecule has 4 heteroatoms. The number of nitrogens with zero attached hydrogens (tertiary/aromatic N) is 1. The zero-order chi connectivity index (χ0) is 11.5. The smallest absolute Gasteiger partial charge is 0.0931 e. The molecule has 0 aliphatic heterocycles. The van der Waals surface area contributed by atoms with Gasteiger partial charge in [-0.1, -0.05) is 6.07 Å². The molecule has 1 fully saturated rings. The van der Waals surface area contributed by atoms with E-state index in [0.29, 0.717) is 0 Å². The summed E-state index contributed by atoms with van der Waals surface area (Å²) in [4.78, 5) is 7.34. The number of aromatic nitrogens is 2. The summed E-state index contributed by atoms with van der Waals surface area (Å²) in [5, 5.41) is 6.93. The Labute approximate surface area is 101 Å². The molecule has 0 radical (unpaired) electrons. The van der Waals surface area contributed by atoms with Crippen molar-refractivity contribution >= 4 is 11.0 Å². The fourth-order valence-electron chi connectivity index (χ4n) is 1.98. The van der Waals surface area contributed by atoms with Gasteiger partial charge in [0.05, 0.1) is 17.4 Å². The quantitative estimate of drug-likeness (QED) is 0.658. The standard InChI is InChI=1S/C13H18N4/c1-4-12-13(17-9-16-12)7-10(1)8-14-5-6-15-11-2-3-11/h1,4,7,9,11,14-15H,2-3,5-6,8H2,(H,16,17). The molecule has 1 aromatic carbocycles. The Morgan fingerprint density at radius 2 is 2.24 bits per heavy atom. The fraction of sp³-hybridized carbons (Fsp3) is 0.462. The van der Waals surface area contributed by atoms with Crippen molar-refractivity contribution < 1.29 is 0 Å². The molecule has 0 atom stereocenters. The maximum Gasteiger partial charge on any atom is 0.0931 e. The first-order valence-corrected chi connectivity index (χ1v) is 6.28. The Bertz CT molecular complexity index is 487. The first-order chi connectivity index (χ1) is 8.42. The van der Waals surface area contributed by atoms with E-state index in [4.69, 9.17) is 0 Å². The Balaban J connectivity index is 1.46. The van der Waals surface area contributed by atoms with Crippen LogP contribution >= 0.6 is 0 Å². The van der Waals surface area contributed by atoms with Crippen LogP contribution in [0.4, 0.5) is 0 Å². The van der Waals surface area contributed by atoms with E-state index in [1.54, 1.807) is 6.33 Å². The van der Waals surface area contributed by atoms with Crippen LogP contribution in [0.3, 0.4) is 0 Å². The summed E-state index contributed by atoms with van der Waals surface area (Å²) in [5.74, 6) is 0. The summed E-state index contributed by atoms with van der Waals surface area (Å²) in [5.41, 5.74) is 3.44. The maximum absolute atomic E-state index is 4.21. The molecule has 3 N–H and O–H groups in total. The van der Waals surface area contributed by atoms with Gasteiger partial charge in [-0.15, -0.1) is 0 Å². The fourth-order valence-corrected chi connectivity index (χ4v) is 1.98. The summed E-state index contributed by atoms with van der Waals surface area (Å²) in [6, 6.07) is 7.15. The van der Waals surface area contributed by atoms with Crippen molar-refractivity contribution in [2.75, 3.05) is 13.1 Å². The number of rotatable bonds is 6. The van der Waals surface area contributed by atoms with E-state index >= 15 is 0 Å². The molecule has 90 valence electrons. The summed E-state index contributed by atoms with van der Waals surface area (Å²) in [6.07, 6.45) is 4.45. The number of fused-ring (bicyclic) bond motifs is 1. The SMILES string of the molecule is c1nc2ccc(CNCCNC3CC3)cc2[nH]1. The maximum atomic E-state index is 4.21. The van der Waals surface area contributed by atoms with Gasteiger partial charge in [0.2, 0.25) is 0 Å². The van der Waals surface area contributed by atoms with Gasteiger partial charge in [-0.3, -0.25) is 0 Å². The van der Waals surface area contributed by atoms with Crippen LogP contribution in [0.1, 0.15) is 18.4 Å². The van der Waals surface area contributed by atoms with E-state index in [2.05, 4.69) is 38.8 Å². The molecule has 1 heterocycles. The zero-order valence-electron chi connectivity index (χ0n) is 9.87. The van der Waals surface area contributed by atoms with Crippen molar-refractivity contribution in [2.45, 2.75) is 25.4 Å². The van der Waals surface area contributed by atoms with Crippen LogP contribution < -0.4 is 10.6 Å². The second-order valence-electron chi connectivity index (χ2n) is 4.66. The molecule has 0 amide bonds. The Morgan fingerprint density at radius 1 is 1.29 bits per heavy atom. The van der Waals surface area contributed by atoms with Gasteiger partial charge in [0.25, 0.3) is 0 Å². The molecule has 2 aromatic rings. The van der Waals surface area contributed by atoms with E-state index in [0.717, 1.165) is 36.7 Å². The first kappa shape index (κ1) is 10.7. The zero-order valence-corrected chi connectivity index (χ0v) is 9.87. The van der Waals surface area contributed by atoms with Crippen molar-refractivity contribution in [1.29, 1.82) is 0 Å². The van der Waals surface area contributed by atoms with E-state index in [-0.39, 0.29) is 0 Å². The second-order valence-corrected chi connectivity index (χ2v) is 4.66. The Hall–Kier alpha value is -1.39. The lowest BCUT2D eigenvalue weighted by atomic mass is 10.2. The monoisotopic (exact) mass is 230 g/mol. The second kappa shape index (κ2) is 4.85. The molecule has 0 spiro atoms. The third-order valence-electron chi connectivity index (χ3n) is 3.13. The van der Waals surface area contributed by atoms with Crippen LogP contribution in [0.5, 0.6) is 0 Å². The molecule has 1 aromatic heterocycles. The van der Waals surface area contributed by atoms with Crippen molar-refractivity contribution in [1.82, 2.24) is 20.6 Å². The average molecular weight is 230 g/mol. The highest BCUT2D eigenvalue weighted by Crippen LogP contribution is 2.17. The predicted octanol–water partition coefficient (Wildman–Crippen LogP) is 1.40. The van der Waals surface area contributed by atoms with Crippen LogP contribution in [0.25, 0.3) is 11.0 Å². The highest BCUT2D eigenvalue weighted by molar-refractivity contribution is 5.74. The lowest BCUT2D eigenvalue weighted by molar-refractivity contribution is 0.609. The minimum atomic E-state index is 0.804. The van der Waals surface area contributed by atoms with E-state index in [9.17, 15) is 0 Å². The summed E-state index contributed by atoms with van der Waals surface area (Å²) >= 11 is 0. The average Bonchev–Trinajstić information content (AvgIpc) is 3.05. The molecule has 0 bridgehead atoms. The molecule has 17 heavy (non-hydrogen) atoms. The Morgan fingerprint density at radius 3 is 3.12 bits per heavy atom. The van der Waals surface area contributed by atoms with Gasteiger partial charge < -0.3 is 15.6 Å². The van der Waals surface area contributed by atoms with E-state index in [1.165, 1.54) is 18.4 Å². The van der Waals surface area contributed by atoms with Gasteiger partial charge in [0, 0.05) is 25.7 Å². The van der Waals surface area contributed by atoms with Gasteiger partial charge in [0.15, 0.2) is 0 Å². The third kappa shape index (κ3) is 2.84. The van der Waals surface area contributed by atoms with Gasteiger partial charge in [0.1, 0.15) is 0 Å². The Kier molecular flexibility index (Phi) is 3.07.